The summed E-state index contributed by atoms with van der Waals surface area (Å²) >= 11 is 0. The number of nitrogens with zero attached hydrogens (tertiary/aromatic N) is 5. The van der Waals surface area contributed by atoms with E-state index in [1.807, 2.05) is 36.5 Å². The maximum Gasteiger partial charge on any atom is 0.252 e. The number of aromatic nitrogens is 5. The van der Waals surface area contributed by atoms with Gasteiger partial charge in [0.25, 0.3) is 5.91 Å². The van der Waals surface area contributed by atoms with Crippen molar-refractivity contribution in [3.8, 4) is 5.69 Å². The molecule has 0 bridgehead atoms. The van der Waals surface area contributed by atoms with Gasteiger partial charge >= 0.3 is 0 Å². The number of benzene rings is 1. The lowest BCUT2D eigenvalue weighted by Crippen LogP contribution is -2.52. The average molecular weight is 337 g/mol. The third kappa shape index (κ3) is 2.91. The molecule has 128 valence electrons. The summed E-state index contributed by atoms with van der Waals surface area (Å²) in [5.41, 5.74) is 0.984. The van der Waals surface area contributed by atoms with Crippen molar-refractivity contribution in [1.82, 2.24) is 30.1 Å². The lowest BCUT2D eigenvalue weighted by Gasteiger charge is -2.36. The Hall–Kier alpha value is -3.00. The van der Waals surface area contributed by atoms with Gasteiger partial charge in [0.15, 0.2) is 0 Å². The van der Waals surface area contributed by atoms with Gasteiger partial charge in [-0.25, -0.2) is 4.68 Å². The Morgan fingerprint density at radius 1 is 1.12 bits per heavy atom. The molecule has 0 aliphatic carbocycles. The second-order valence-corrected chi connectivity index (χ2v) is 6.08. The number of piperidine rings is 1. The summed E-state index contributed by atoms with van der Waals surface area (Å²) in [4.78, 5) is 13.1. The van der Waals surface area contributed by atoms with Gasteiger partial charge in [0.05, 0.1) is 18.1 Å². The maximum atomic E-state index is 13.1. The van der Waals surface area contributed by atoms with Crippen molar-refractivity contribution in [3.63, 3.8) is 0 Å². The fourth-order valence-corrected chi connectivity index (χ4v) is 3.21. The van der Waals surface area contributed by atoms with Crippen LogP contribution in [0.5, 0.6) is 0 Å². The Morgan fingerprint density at radius 3 is 2.56 bits per heavy atom. The lowest BCUT2D eigenvalue weighted by molar-refractivity contribution is -0.126. The summed E-state index contributed by atoms with van der Waals surface area (Å²) in [5.74, 6) is -0.0359. The highest BCUT2D eigenvalue weighted by Gasteiger charge is 2.41. The Balaban J connectivity index is 1.55. The molecular formula is C17H19N7O. The van der Waals surface area contributed by atoms with Crippen LogP contribution in [0.4, 0.5) is 5.69 Å². The topological polar surface area (TPSA) is 89.7 Å². The zero-order valence-electron chi connectivity index (χ0n) is 13.7. The summed E-state index contributed by atoms with van der Waals surface area (Å²) in [5, 5.41) is 18.4. The molecule has 2 N–H and O–H groups in total. The first-order valence-corrected chi connectivity index (χ1v) is 8.27. The lowest BCUT2D eigenvalue weighted by atomic mass is 9.87. The molecule has 0 spiro atoms. The monoisotopic (exact) mass is 337 g/mol. The first-order valence-electron chi connectivity index (χ1n) is 8.27. The van der Waals surface area contributed by atoms with Crippen LogP contribution in [0.15, 0.2) is 55.1 Å². The predicted octanol–water partition coefficient (Wildman–Crippen LogP) is 1.18. The number of anilines is 1. The van der Waals surface area contributed by atoms with Gasteiger partial charge in [-0.05, 0) is 56.3 Å². The smallest absolute Gasteiger partial charge is 0.252 e. The van der Waals surface area contributed by atoms with Gasteiger partial charge in [0, 0.05) is 18.1 Å². The summed E-state index contributed by atoms with van der Waals surface area (Å²) in [6, 6.07) is 9.38. The molecule has 8 heteroatoms. The number of carbonyl (C=O) groups is 1. The van der Waals surface area contributed by atoms with Crippen LogP contribution in [0.25, 0.3) is 5.69 Å². The number of hydrogen-bond acceptors (Lipinski definition) is 5. The van der Waals surface area contributed by atoms with E-state index in [1.54, 1.807) is 28.0 Å². The third-order valence-electron chi connectivity index (χ3n) is 4.61. The average Bonchev–Trinajstić information content (AvgIpc) is 3.37. The largest absolute Gasteiger partial charge is 0.324 e. The minimum absolute atomic E-state index is 0.0359. The first-order chi connectivity index (χ1) is 12.3. The van der Waals surface area contributed by atoms with Gasteiger partial charge in [-0.2, -0.15) is 5.10 Å². The molecule has 0 saturated carbocycles. The summed E-state index contributed by atoms with van der Waals surface area (Å²) in [6.45, 7) is 1.58. The molecule has 1 saturated heterocycles. The van der Waals surface area contributed by atoms with Crippen LogP contribution in [-0.4, -0.2) is 43.8 Å². The molecule has 2 aromatic heterocycles. The van der Waals surface area contributed by atoms with Crippen LogP contribution in [0.3, 0.4) is 0 Å². The molecule has 1 amide bonds. The van der Waals surface area contributed by atoms with E-state index in [1.165, 1.54) is 0 Å². The fourth-order valence-electron chi connectivity index (χ4n) is 3.21. The molecule has 8 nitrogen and oxygen atoms in total. The summed E-state index contributed by atoms with van der Waals surface area (Å²) in [6.07, 6.45) is 8.38. The molecule has 0 atom stereocenters. The van der Waals surface area contributed by atoms with Crippen LogP contribution in [0.1, 0.15) is 12.8 Å². The van der Waals surface area contributed by atoms with Crippen molar-refractivity contribution in [2.24, 2.45) is 0 Å². The van der Waals surface area contributed by atoms with Gasteiger partial charge in [-0.1, -0.05) is 5.21 Å². The minimum atomic E-state index is -0.653. The van der Waals surface area contributed by atoms with Gasteiger partial charge in [-0.15, -0.1) is 5.10 Å². The van der Waals surface area contributed by atoms with Crippen LogP contribution >= 0.6 is 0 Å². The Labute approximate surface area is 144 Å². The maximum absolute atomic E-state index is 13.1. The van der Waals surface area contributed by atoms with Gasteiger partial charge in [-0.3, -0.25) is 9.48 Å². The Bertz CT molecular complexity index is 819. The third-order valence-corrected chi connectivity index (χ3v) is 4.61. The minimum Gasteiger partial charge on any atom is -0.324 e. The molecular weight excluding hydrogens is 318 g/mol. The number of nitrogens with one attached hydrogen (secondary N) is 2. The van der Waals surface area contributed by atoms with Crippen molar-refractivity contribution in [3.05, 3.63) is 55.1 Å². The van der Waals surface area contributed by atoms with E-state index in [4.69, 9.17) is 0 Å². The van der Waals surface area contributed by atoms with Crippen molar-refractivity contribution in [2.75, 3.05) is 18.4 Å². The van der Waals surface area contributed by atoms with E-state index >= 15 is 0 Å². The molecule has 1 aliphatic rings. The fraction of sp³-hybridized carbons (Fsp3) is 0.294. The molecule has 4 rings (SSSR count). The van der Waals surface area contributed by atoms with Crippen molar-refractivity contribution in [2.45, 2.75) is 18.4 Å². The Kier molecular flexibility index (Phi) is 4.02. The second kappa shape index (κ2) is 6.48. The van der Waals surface area contributed by atoms with E-state index in [0.29, 0.717) is 12.8 Å². The zero-order chi connectivity index (χ0) is 17.1. The van der Waals surface area contributed by atoms with Gasteiger partial charge < -0.3 is 10.6 Å². The predicted molar refractivity (Wildman–Crippen MR) is 92.3 cm³/mol. The number of hydrogen-bond donors (Lipinski definition) is 2. The summed E-state index contributed by atoms with van der Waals surface area (Å²) in [7, 11) is 0. The zero-order valence-corrected chi connectivity index (χ0v) is 13.7. The SMILES string of the molecule is O=C(Nc1ccc(-n2ccnn2)cc1)C1(n2cccn2)CCNCC1. The van der Waals surface area contributed by atoms with Crippen LogP contribution in [-0.2, 0) is 10.3 Å². The standard InChI is InChI=1S/C17H19N7O/c25-16(17(6-9-18-10-7-17)24-12-1-8-20-24)21-14-2-4-15(5-3-14)23-13-11-19-22-23/h1-5,8,11-13,18H,6-7,9-10H2,(H,21,25). The quantitative estimate of drug-likeness (QED) is 0.746. The molecule has 3 aromatic rings. The van der Waals surface area contributed by atoms with E-state index in [2.05, 4.69) is 26.0 Å². The Morgan fingerprint density at radius 2 is 1.92 bits per heavy atom. The molecule has 0 radical (unpaired) electrons. The molecule has 1 aromatic carbocycles. The van der Waals surface area contributed by atoms with Crippen molar-refractivity contribution in [1.29, 1.82) is 0 Å². The number of rotatable bonds is 4. The highest BCUT2D eigenvalue weighted by molar-refractivity contribution is 5.96. The first kappa shape index (κ1) is 15.5. The number of carbonyl (C=O) groups excluding carboxylic acids is 1. The van der Waals surface area contributed by atoms with Crippen molar-refractivity contribution >= 4 is 11.6 Å². The van der Waals surface area contributed by atoms with Crippen molar-refractivity contribution < 1.29 is 4.79 Å². The van der Waals surface area contributed by atoms with Crippen LogP contribution in [0.2, 0.25) is 0 Å². The van der Waals surface area contributed by atoms with E-state index in [0.717, 1.165) is 24.5 Å². The summed E-state index contributed by atoms with van der Waals surface area (Å²) < 4.78 is 3.45. The van der Waals surface area contributed by atoms with Gasteiger partial charge in [0.2, 0.25) is 0 Å². The highest BCUT2D eigenvalue weighted by Crippen LogP contribution is 2.28. The van der Waals surface area contributed by atoms with Gasteiger partial charge in [0.1, 0.15) is 5.54 Å². The molecule has 1 aliphatic heterocycles. The molecule has 3 heterocycles. The normalized spacial score (nSPS) is 16.5. The van der Waals surface area contributed by atoms with E-state index < -0.39 is 5.54 Å². The van der Waals surface area contributed by atoms with E-state index in [9.17, 15) is 4.79 Å². The van der Waals surface area contributed by atoms with Crippen LogP contribution < -0.4 is 10.6 Å². The molecule has 0 unspecified atom stereocenters. The molecule has 1 fully saturated rings. The second-order valence-electron chi connectivity index (χ2n) is 6.08. The number of amides is 1. The van der Waals surface area contributed by atoms with E-state index in [-0.39, 0.29) is 5.91 Å². The van der Waals surface area contributed by atoms with Crippen LogP contribution in [0, 0.1) is 0 Å². The highest BCUT2D eigenvalue weighted by atomic mass is 16.2. The molecule has 25 heavy (non-hydrogen) atoms.